The maximum absolute atomic E-state index is 12.3. The summed E-state index contributed by atoms with van der Waals surface area (Å²) in [7, 11) is 0. The molecule has 0 bridgehead atoms. The molecule has 0 unspecified atom stereocenters. The Morgan fingerprint density at radius 3 is 2.68 bits per heavy atom. The summed E-state index contributed by atoms with van der Waals surface area (Å²) in [6.07, 6.45) is 0. The monoisotopic (exact) mass is 418 g/mol. The van der Waals surface area contributed by atoms with Crippen molar-refractivity contribution < 1.29 is 9.90 Å². The first-order valence-electron chi connectivity index (χ1n) is 7.47. The molecule has 0 saturated carbocycles. The highest BCUT2D eigenvalue weighted by atomic mass is 79.9. The molecule has 3 rings (SSSR count). The summed E-state index contributed by atoms with van der Waals surface area (Å²) in [6.45, 7) is 1.79. The molecule has 25 heavy (non-hydrogen) atoms. The van der Waals surface area contributed by atoms with Crippen LogP contribution in [-0.2, 0) is 4.79 Å². The number of aromatic hydroxyl groups is 1. The number of H-pyrrole nitrogens is 1. The highest BCUT2D eigenvalue weighted by molar-refractivity contribution is 9.10. The SMILES string of the molecule is C[C@H](Sc1n[nH]c(-c2ccccc2O)n1)C(=O)Nc1ccc(Br)cc1. The molecule has 0 saturated heterocycles. The normalized spacial score (nSPS) is 11.9. The van der Waals surface area contributed by atoms with E-state index in [4.69, 9.17) is 0 Å². The van der Waals surface area contributed by atoms with Crippen LogP contribution in [0.2, 0.25) is 0 Å². The van der Waals surface area contributed by atoms with Gasteiger partial charge in [-0.25, -0.2) is 4.98 Å². The van der Waals surface area contributed by atoms with Crippen molar-refractivity contribution in [2.75, 3.05) is 5.32 Å². The number of benzene rings is 2. The number of aromatic amines is 1. The number of halogens is 1. The van der Waals surface area contributed by atoms with Gasteiger partial charge in [0, 0.05) is 10.2 Å². The highest BCUT2D eigenvalue weighted by Crippen LogP contribution is 2.28. The van der Waals surface area contributed by atoms with Crippen LogP contribution >= 0.6 is 27.7 Å². The number of amides is 1. The fourth-order valence-corrected chi connectivity index (χ4v) is 3.07. The van der Waals surface area contributed by atoms with Crippen molar-refractivity contribution in [1.82, 2.24) is 15.2 Å². The summed E-state index contributed by atoms with van der Waals surface area (Å²) in [4.78, 5) is 16.6. The minimum absolute atomic E-state index is 0.122. The average Bonchev–Trinajstić information content (AvgIpc) is 3.05. The molecule has 3 aromatic rings. The summed E-state index contributed by atoms with van der Waals surface area (Å²) in [5.74, 6) is 0.443. The maximum atomic E-state index is 12.3. The predicted molar refractivity (Wildman–Crippen MR) is 102 cm³/mol. The number of anilines is 1. The lowest BCUT2D eigenvalue weighted by Crippen LogP contribution is -2.22. The third kappa shape index (κ3) is 4.40. The lowest BCUT2D eigenvalue weighted by molar-refractivity contribution is -0.115. The summed E-state index contributed by atoms with van der Waals surface area (Å²) < 4.78 is 0.949. The van der Waals surface area contributed by atoms with E-state index in [0.29, 0.717) is 16.5 Å². The fraction of sp³-hybridized carbons (Fsp3) is 0.118. The summed E-state index contributed by atoms with van der Waals surface area (Å²) in [5, 5.41) is 19.7. The highest BCUT2D eigenvalue weighted by Gasteiger charge is 2.18. The van der Waals surface area contributed by atoms with Crippen molar-refractivity contribution in [1.29, 1.82) is 0 Å². The molecule has 1 atom stereocenters. The number of aromatic nitrogens is 3. The number of thioether (sulfide) groups is 1. The van der Waals surface area contributed by atoms with Crippen molar-refractivity contribution in [2.45, 2.75) is 17.3 Å². The van der Waals surface area contributed by atoms with Crippen LogP contribution in [-0.4, -0.2) is 31.4 Å². The Balaban J connectivity index is 1.65. The lowest BCUT2D eigenvalue weighted by atomic mass is 10.2. The number of rotatable bonds is 5. The minimum atomic E-state index is -0.378. The van der Waals surface area contributed by atoms with Crippen LogP contribution < -0.4 is 5.32 Å². The number of carbonyl (C=O) groups is 1. The van der Waals surface area contributed by atoms with E-state index in [0.717, 1.165) is 10.2 Å². The zero-order chi connectivity index (χ0) is 17.8. The molecule has 0 aliphatic carbocycles. The van der Waals surface area contributed by atoms with E-state index in [1.807, 2.05) is 24.3 Å². The Morgan fingerprint density at radius 2 is 1.96 bits per heavy atom. The quantitative estimate of drug-likeness (QED) is 0.543. The number of phenolic OH excluding ortho intramolecular Hbond substituents is 1. The van der Waals surface area contributed by atoms with Gasteiger partial charge in [0.2, 0.25) is 11.1 Å². The standard InChI is InChI=1S/C17H15BrN4O2S/c1-10(16(24)19-12-8-6-11(18)7-9-12)25-17-20-15(21-22-17)13-4-2-3-5-14(13)23/h2-10,23H,1H3,(H,19,24)(H,20,21,22)/t10-/m0/s1. The Hall–Kier alpha value is -2.32. The molecule has 1 amide bonds. The summed E-state index contributed by atoms with van der Waals surface area (Å²) in [6, 6.07) is 14.2. The van der Waals surface area contributed by atoms with Crippen molar-refractivity contribution in [3.8, 4) is 17.1 Å². The van der Waals surface area contributed by atoms with Crippen molar-refractivity contribution >= 4 is 39.3 Å². The molecule has 1 aromatic heterocycles. The van der Waals surface area contributed by atoms with E-state index in [9.17, 15) is 9.90 Å². The molecule has 3 N–H and O–H groups in total. The van der Waals surface area contributed by atoms with Gasteiger partial charge in [-0.1, -0.05) is 39.8 Å². The second-order valence-corrected chi connectivity index (χ2v) is 7.46. The van der Waals surface area contributed by atoms with Gasteiger partial charge in [0.15, 0.2) is 5.82 Å². The molecule has 8 heteroatoms. The van der Waals surface area contributed by atoms with E-state index in [-0.39, 0.29) is 16.9 Å². The Bertz CT molecular complexity index is 882. The third-order valence-electron chi connectivity index (χ3n) is 3.39. The van der Waals surface area contributed by atoms with Crippen LogP contribution in [0.1, 0.15) is 6.92 Å². The second-order valence-electron chi connectivity index (χ2n) is 5.24. The lowest BCUT2D eigenvalue weighted by Gasteiger charge is -2.10. The van der Waals surface area contributed by atoms with E-state index in [2.05, 4.69) is 36.4 Å². The van der Waals surface area contributed by atoms with Crippen LogP contribution in [0.3, 0.4) is 0 Å². The van der Waals surface area contributed by atoms with Gasteiger partial charge < -0.3 is 10.4 Å². The van der Waals surface area contributed by atoms with E-state index < -0.39 is 0 Å². The number of carbonyl (C=O) groups excluding carboxylic acids is 1. The van der Waals surface area contributed by atoms with Crippen molar-refractivity contribution in [2.24, 2.45) is 0 Å². The molecule has 0 spiro atoms. The van der Waals surface area contributed by atoms with Gasteiger partial charge in [-0.05, 0) is 43.3 Å². The van der Waals surface area contributed by atoms with Gasteiger partial charge in [0.25, 0.3) is 0 Å². The Labute approximate surface area is 157 Å². The molecule has 0 aliphatic rings. The van der Waals surface area contributed by atoms with Crippen LogP contribution in [0, 0.1) is 0 Å². The van der Waals surface area contributed by atoms with Crippen LogP contribution in [0.25, 0.3) is 11.4 Å². The van der Waals surface area contributed by atoms with Gasteiger partial charge >= 0.3 is 0 Å². The number of phenols is 1. The first kappa shape index (κ1) is 17.5. The van der Waals surface area contributed by atoms with Crippen LogP contribution in [0.15, 0.2) is 58.2 Å². The number of hydrogen-bond donors (Lipinski definition) is 3. The van der Waals surface area contributed by atoms with Gasteiger partial charge in [0.1, 0.15) is 5.75 Å². The smallest absolute Gasteiger partial charge is 0.237 e. The molecule has 128 valence electrons. The van der Waals surface area contributed by atoms with Gasteiger partial charge in [-0.3, -0.25) is 9.89 Å². The summed E-state index contributed by atoms with van der Waals surface area (Å²) in [5.41, 5.74) is 1.29. The largest absolute Gasteiger partial charge is 0.507 e. The fourth-order valence-electron chi connectivity index (χ4n) is 2.08. The van der Waals surface area contributed by atoms with Crippen LogP contribution in [0.4, 0.5) is 5.69 Å². The van der Waals surface area contributed by atoms with Gasteiger partial charge in [-0.2, -0.15) is 0 Å². The number of nitrogens with one attached hydrogen (secondary N) is 2. The first-order chi connectivity index (χ1) is 12.0. The summed E-state index contributed by atoms with van der Waals surface area (Å²) >= 11 is 4.60. The van der Waals surface area contributed by atoms with Crippen LogP contribution in [0.5, 0.6) is 5.75 Å². The van der Waals surface area contributed by atoms with E-state index in [1.165, 1.54) is 11.8 Å². The number of para-hydroxylation sites is 1. The minimum Gasteiger partial charge on any atom is -0.507 e. The Kier molecular flexibility index (Phi) is 5.40. The molecule has 1 heterocycles. The molecular weight excluding hydrogens is 404 g/mol. The average molecular weight is 419 g/mol. The van der Waals surface area contributed by atoms with Gasteiger partial charge in [-0.15, -0.1) is 5.10 Å². The van der Waals surface area contributed by atoms with E-state index in [1.54, 1.807) is 31.2 Å². The number of hydrogen-bond acceptors (Lipinski definition) is 5. The first-order valence-corrected chi connectivity index (χ1v) is 9.14. The second kappa shape index (κ2) is 7.71. The topological polar surface area (TPSA) is 90.9 Å². The molecule has 0 aliphatic heterocycles. The molecular formula is C17H15BrN4O2S. The maximum Gasteiger partial charge on any atom is 0.237 e. The zero-order valence-electron chi connectivity index (χ0n) is 13.2. The molecule has 6 nitrogen and oxygen atoms in total. The van der Waals surface area contributed by atoms with E-state index >= 15 is 0 Å². The zero-order valence-corrected chi connectivity index (χ0v) is 15.6. The number of nitrogens with zero attached hydrogens (tertiary/aromatic N) is 2. The molecule has 2 aromatic carbocycles. The van der Waals surface area contributed by atoms with Crippen molar-refractivity contribution in [3.05, 3.63) is 53.0 Å². The molecule has 0 fully saturated rings. The van der Waals surface area contributed by atoms with Crippen molar-refractivity contribution in [3.63, 3.8) is 0 Å². The predicted octanol–water partition coefficient (Wildman–Crippen LogP) is 4.06. The third-order valence-corrected chi connectivity index (χ3v) is 4.88. The molecule has 0 radical (unpaired) electrons. The van der Waals surface area contributed by atoms with Gasteiger partial charge in [0.05, 0.1) is 10.8 Å². The Morgan fingerprint density at radius 1 is 1.24 bits per heavy atom.